The van der Waals surface area contributed by atoms with Gasteiger partial charge in [-0.15, -0.1) is 0 Å². The largest absolute Gasteiger partial charge is 0.324 e. The van der Waals surface area contributed by atoms with E-state index in [2.05, 4.69) is 31.2 Å². The third-order valence-corrected chi connectivity index (χ3v) is 4.87. The molecule has 0 amide bonds. The van der Waals surface area contributed by atoms with Crippen molar-refractivity contribution in [1.82, 2.24) is 0 Å². The Kier molecular flexibility index (Phi) is 2.10. The molecule has 2 atom stereocenters. The summed E-state index contributed by atoms with van der Waals surface area (Å²) < 4.78 is 0. The van der Waals surface area contributed by atoms with E-state index in [1.54, 1.807) is 0 Å². The Morgan fingerprint density at radius 3 is 2.83 bits per heavy atom. The first-order valence-corrected chi connectivity index (χ1v) is 7.08. The lowest BCUT2D eigenvalue weighted by molar-refractivity contribution is 0.516. The fourth-order valence-corrected chi connectivity index (χ4v) is 3.96. The molecule has 92 valence electrons. The quantitative estimate of drug-likeness (QED) is 0.740. The first-order valence-electron chi connectivity index (χ1n) is 7.08. The van der Waals surface area contributed by atoms with Crippen LogP contribution in [0.25, 0.3) is 10.8 Å². The van der Waals surface area contributed by atoms with Crippen LogP contribution in [0.1, 0.15) is 54.0 Å². The van der Waals surface area contributed by atoms with E-state index in [9.17, 15) is 0 Å². The molecule has 0 saturated heterocycles. The molecule has 0 spiro atoms. The predicted molar refractivity (Wildman–Crippen MR) is 75.9 cm³/mol. The van der Waals surface area contributed by atoms with Gasteiger partial charge >= 0.3 is 0 Å². The van der Waals surface area contributed by atoms with Crippen LogP contribution in [0.15, 0.2) is 24.3 Å². The molecule has 18 heavy (non-hydrogen) atoms. The molecule has 2 aromatic carbocycles. The van der Waals surface area contributed by atoms with E-state index in [0.717, 1.165) is 6.42 Å². The van der Waals surface area contributed by atoms with Crippen molar-refractivity contribution >= 4 is 10.8 Å². The number of nitrogens with two attached hydrogens (primary N) is 1. The fraction of sp³-hybridized carbons (Fsp3) is 0.412. The van der Waals surface area contributed by atoms with Gasteiger partial charge in [-0.1, -0.05) is 31.2 Å². The standard InChI is InChI=1S/C17H19N/c1-10-5-8-15(18)14-9-12-7-6-11-3-2-4-13(16(10)14)17(11)12/h2-4,9-10,15H,5-8,18H2,1H3/t10?,15-/m0/s1. The lowest BCUT2D eigenvalue weighted by atomic mass is 9.78. The van der Waals surface area contributed by atoms with Crippen LogP contribution in [-0.2, 0) is 12.8 Å². The van der Waals surface area contributed by atoms with E-state index in [1.165, 1.54) is 52.3 Å². The summed E-state index contributed by atoms with van der Waals surface area (Å²) in [7, 11) is 0. The highest BCUT2D eigenvalue weighted by molar-refractivity contribution is 5.94. The normalized spacial score (nSPS) is 25.4. The maximum absolute atomic E-state index is 6.34. The molecule has 1 heteroatoms. The van der Waals surface area contributed by atoms with Crippen LogP contribution in [0, 0.1) is 0 Å². The lowest BCUT2D eigenvalue weighted by Gasteiger charge is -2.29. The van der Waals surface area contributed by atoms with Gasteiger partial charge in [0, 0.05) is 6.04 Å². The third kappa shape index (κ3) is 1.26. The molecule has 2 aliphatic rings. The van der Waals surface area contributed by atoms with E-state index in [0.29, 0.717) is 5.92 Å². The maximum atomic E-state index is 6.34. The zero-order valence-electron chi connectivity index (χ0n) is 10.9. The number of fused-ring (bicyclic) bond motifs is 2. The van der Waals surface area contributed by atoms with Gasteiger partial charge in [-0.2, -0.15) is 0 Å². The summed E-state index contributed by atoms with van der Waals surface area (Å²) in [5.74, 6) is 0.657. The molecule has 0 bridgehead atoms. The SMILES string of the molecule is CC1CC[C@H](N)c2cc3c4c(cccc4c21)CC3. The lowest BCUT2D eigenvalue weighted by Crippen LogP contribution is -2.20. The first kappa shape index (κ1) is 10.6. The molecule has 2 aromatic rings. The minimum atomic E-state index is 0.251. The molecule has 0 aromatic heterocycles. The van der Waals surface area contributed by atoms with Crippen LogP contribution in [-0.4, -0.2) is 0 Å². The van der Waals surface area contributed by atoms with Crippen molar-refractivity contribution in [2.24, 2.45) is 5.73 Å². The van der Waals surface area contributed by atoms with Crippen molar-refractivity contribution in [2.45, 2.75) is 44.6 Å². The molecule has 0 saturated carbocycles. The monoisotopic (exact) mass is 237 g/mol. The molecule has 0 heterocycles. The van der Waals surface area contributed by atoms with E-state index in [1.807, 2.05) is 0 Å². The van der Waals surface area contributed by atoms with E-state index < -0.39 is 0 Å². The van der Waals surface area contributed by atoms with Gasteiger partial charge in [0.1, 0.15) is 0 Å². The van der Waals surface area contributed by atoms with Crippen molar-refractivity contribution in [3.05, 3.63) is 46.5 Å². The van der Waals surface area contributed by atoms with Gasteiger partial charge < -0.3 is 5.73 Å². The van der Waals surface area contributed by atoms with Crippen LogP contribution in [0.3, 0.4) is 0 Å². The molecule has 0 fully saturated rings. The Bertz CT molecular complexity index is 642. The van der Waals surface area contributed by atoms with Crippen LogP contribution in [0.2, 0.25) is 0 Å². The van der Waals surface area contributed by atoms with Crippen LogP contribution in [0.4, 0.5) is 0 Å². The van der Waals surface area contributed by atoms with Gasteiger partial charge in [0.2, 0.25) is 0 Å². The highest BCUT2D eigenvalue weighted by Gasteiger charge is 2.27. The highest BCUT2D eigenvalue weighted by Crippen LogP contribution is 2.44. The summed E-state index contributed by atoms with van der Waals surface area (Å²) in [4.78, 5) is 0. The second-order valence-corrected chi connectivity index (χ2v) is 5.96. The number of rotatable bonds is 0. The molecular weight excluding hydrogens is 218 g/mol. The van der Waals surface area contributed by atoms with Gasteiger partial charge in [0.25, 0.3) is 0 Å². The Morgan fingerprint density at radius 1 is 1.11 bits per heavy atom. The molecule has 1 unspecified atom stereocenters. The summed E-state index contributed by atoms with van der Waals surface area (Å²) in [5, 5.41) is 3.03. The van der Waals surface area contributed by atoms with Crippen molar-refractivity contribution in [2.75, 3.05) is 0 Å². The van der Waals surface area contributed by atoms with Crippen molar-refractivity contribution in [3.63, 3.8) is 0 Å². The number of benzene rings is 2. The van der Waals surface area contributed by atoms with Crippen LogP contribution >= 0.6 is 0 Å². The molecule has 2 aliphatic carbocycles. The Morgan fingerprint density at radius 2 is 1.94 bits per heavy atom. The number of hydrogen-bond donors (Lipinski definition) is 1. The van der Waals surface area contributed by atoms with Gasteiger partial charge in [-0.05, 0) is 64.6 Å². The smallest absolute Gasteiger partial charge is 0.0298 e. The molecule has 0 aliphatic heterocycles. The third-order valence-electron chi connectivity index (χ3n) is 4.87. The molecule has 2 N–H and O–H groups in total. The number of hydrogen-bond acceptors (Lipinski definition) is 1. The Labute approximate surface area is 108 Å². The van der Waals surface area contributed by atoms with Crippen molar-refractivity contribution in [3.8, 4) is 0 Å². The summed E-state index contributed by atoms with van der Waals surface area (Å²) in [6.45, 7) is 2.36. The second kappa shape index (κ2) is 3.58. The summed E-state index contributed by atoms with van der Waals surface area (Å²) in [6.07, 6.45) is 4.77. The average Bonchev–Trinajstić information content (AvgIpc) is 2.79. The van der Waals surface area contributed by atoms with Gasteiger partial charge in [-0.3, -0.25) is 0 Å². The van der Waals surface area contributed by atoms with Gasteiger partial charge in [0.05, 0.1) is 0 Å². The zero-order valence-corrected chi connectivity index (χ0v) is 10.9. The minimum absolute atomic E-state index is 0.251. The molecule has 4 rings (SSSR count). The zero-order chi connectivity index (χ0) is 12.3. The summed E-state index contributed by atoms with van der Waals surface area (Å²) >= 11 is 0. The van der Waals surface area contributed by atoms with Gasteiger partial charge in [0.15, 0.2) is 0 Å². The molecular formula is C17H19N. The summed E-state index contributed by atoms with van der Waals surface area (Å²) in [6, 6.07) is 9.48. The van der Waals surface area contributed by atoms with E-state index >= 15 is 0 Å². The van der Waals surface area contributed by atoms with Gasteiger partial charge in [-0.25, -0.2) is 0 Å². The molecule has 0 radical (unpaired) electrons. The van der Waals surface area contributed by atoms with Crippen LogP contribution < -0.4 is 5.73 Å². The van der Waals surface area contributed by atoms with E-state index in [4.69, 9.17) is 5.73 Å². The summed E-state index contributed by atoms with van der Waals surface area (Å²) in [5.41, 5.74) is 12.4. The minimum Gasteiger partial charge on any atom is -0.324 e. The fourth-order valence-electron chi connectivity index (χ4n) is 3.96. The van der Waals surface area contributed by atoms with Crippen molar-refractivity contribution in [1.29, 1.82) is 0 Å². The van der Waals surface area contributed by atoms with Crippen LogP contribution in [0.5, 0.6) is 0 Å². The first-order chi connectivity index (χ1) is 8.75. The Balaban J connectivity index is 2.15. The topological polar surface area (TPSA) is 26.0 Å². The predicted octanol–water partition coefficient (Wildman–Crippen LogP) is 3.84. The van der Waals surface area contributed by atoms with E-state index in [-0.39, 0.29) is 6.04 Å². The van der Waals surface area contributed by atoms with Crippen molar-refractivity contribution < 1.29 is 0 Å². The maximum Gasteiger partial charge on any atom is 0.0298 e. The second-order valence-electron chi connectivity index (χ2n) is 5.96. The number of aryl methyl sites for hydroxylation is 2. The average molecular weight is 237 g/mol. The Hall–Kier alpha value is -1.34. The highest BCUT2D eigenvalue weighted by atomic mass is 14.6. The molecule has 1 nitrogen and oxygen atoms in total.